The number of para-hydroxylation sites is 1. The topological polar surface area (TPSA) is 73.2 Å². The van der Waals surface area contributed by atoms with Gasteiger partial charge in [0.25, 0.3) is 5.91 Å². The number of aryl methyl sites for hydroxylation is 1. The summed E-state index contributed by atoms with van der Waals surface area (Å²) in [4.78, 5) is 26.8. The zero-order valence-corrected chi connectivity index (χ0v) is 15.2. The van der Waals surface area contributed by atoms with Crippen LogP contribution in [0.4, 0.5) is 5.69 Å². The summed E-state index contributed by atoms with van der Waals surface area (Å²) in [6.07, 6.45) is 1.00. The lowest BCUT2D eigenvalue weighted by molar-refractivity contribution is -0.116. The van der Waals surface area contributed by atoms with Gasteiger partial charge in [0.15, 0.2) is 0 Å². The van der Waals surface area contributed by atoms with Crippen LogP contribution < -0.4 is 5.32 Å². The zero-order chi connectivity index (χ0) is 18.9. The van der Waals surface area contributed by atoms with Crippen LogP contribution in [0.25, 0.3) is 0 Å². The summed E-state index contributed by atoms with van der Waals surface area (Å²) in [5, 5.41) is 11.7. The smallest absolute Gasteiger partial charge is 0.254 e. The van der Waals surface area contributed by atoms with Gasteiger partial charge in [-0.05, 0) is 42.7 Å². The molecule has 0 aliphatic heterocycles. The Morgan fingerprint density at radius 1 is 1.15 bits per heavy atom. The van der Waals surface area contributed by atoms with Gasteiger partial charge >= 0.3 is 0 Å². The molecule has 0 fully saturated rings. The van der Waals surface area contributed by atoms with Crippen molar-refractivity contribution in [1.29, 1.82) is 5.26 Å². The fourth-order valence-corrected chi connectivity index (χ4v) is 2.69. The van der Waals surface area contributed by atoms with Crippen molar-refractivity contribution in [2.24, 2.45) is 0 Å². The minimum Gasteiger partial charge on any atom is -0.329 e. The summed E-state index contributed by atoms with van der Waals surface area (Å²) < 4.78 is 0. The van der Waals surface area contributed by atoms with E-state index in [9.17, 15) is 9.59 Å². The number of nitrogens with one attached hydrogen (secondary N) is 1. The van der Waals surface area contributed by atoms with Gasteiger partial charge in [-0.1, -0.05) is 37.3 Å². The van der Waals surface area contributed by atoms with Crippen LogP contribution in [0.3, 0.4) is 0 Å². The molecule has 0 atom stereocenters. The largest absolute Gasteiger partial charge is 0.329 e. The number of nitriles is 1. The molecule has 0 bridgehead atoms. The van der Waals surface area contributed by atoms with Crippen LogP contribution in [0.15, 0.2) is 48.5 Å². The van der Waals surface area contributed by atoms with Gasteiger partial charge in [-0.3, -0.25) is 9.59 Å². The number of amides is 2. The van der Waals surface area contributed by atoms with E-state index in [0.717, 1.165) is 23.2 Å². The molecule has 0 heterocycles. The molecule has 134 valence electrons. The molecular formula is C21H23N3O2. The van der Waals surface area contributed by atoms with Crippen molar-refractivity contribution >= 4 is 17.5 Å². The second kappa shape index (κ2) is 9.38. The predicted molar refractivity (Wildman–Crippen MR) is 102 cm³/mol. The highest BCUT2D eigenvalue weighted by atomic mass is 16.2. The van der Waals surface area contributed by atoms with E-state index in [1.807, 2.05) is 44.2 Å². The van der Waals surface area contributed by atoms with Gasteiger partial charge in [0.2, 0.25) is 5.91 Å². The molecule has 2 aromatic carbocycles. The van der Waals surface area contributed by atoms with Crippen LogP contribution >= 0.6 is 0 Å². The van der Waals surface area contributed by atoms with Gasteiger partial charge in [0.05, 0.1) is 12.5 Å². The molecule has 0 saturated carbocycles. The van der Waals surface area contributed by atoms with Crippen molar-refractivity contribution in [3.05, 3.63) is 65.2 Å². The Kier molecular flexibility index (Phi) is 6.92. The van der Waals surface area contributed by atoms with Gasteiger partial charge in [-0.2, -0.15) is 5.26 Å². The van der Waals surface area contributed by atoms with Crippen molar-refractivity contribution in [1.82, 2.24) is 4.90 Å². The van der Waals surface area contributed by atoms with E-state index >= 15 is 0 Å². The monoisotopic (exact) mass is 349 g/mol. The molecule has 0 aromatic heterocycles. The molecule has 0 unspecified atom stereocenters. The quantitative estimate of drug-likeness (QED) is 0.831. The first kappa shape index (κ1) is 19.2. The summed E-state index contributed by atoms with van der Waals surface area (Å²) >= 11 is 0. The Bertz CT molecular complexity index is 824. The Morgan fingerprint density at radius 2 is 1.92 bits per heavy atom. The summed E-state index contributed by atoms with van der Waals surface area (Å²) in [7, 11) is 0. The molecule has 2 amide bonds. The lowest BCUT2D eigenvalue weighted by Crippen LogP contribution is -2.38. The molecule has 5 nitrogen and oxygen atoms in total. The Hall–Kier alpha value is -3.13. The molecule has 2 rings (SSSR count). The number of nitrogens with zero attached hydrogens (tertiary/aromatic N) is 2. The minimum absolute atomic E-state index is 0.0104. The third-order valence-electron chi connectivity index (χ3n) is 3.99. The van der Waals surface area contributed by atoms with Crippen molar-refractivity contribution < 1.29 is 9.59 Å². The highest BCUT2D eigenvalue weighted by molar-refractivity contribution is 5.99. The molecule has 0 saturated heterocycles. The van der Waals surface area contributed by atoms with Gasteiger partial charge in [-0.15, -0.1) is 0 Å². The first-order valence-electron chi connectivity index (χ1n) is 8.65. The molecule has 5 heteroatoms. The molecular weight excluding hydrogens is 326 g/mol. The lowest BCUT2D eigenvalue weighted by Gasteiger charge is -2.22. The molecule has 0 radical (unpaired) electrons. The second-order valence-electron chi connectivity index (χ2n) is 6.13. The molecule has 26 heavy (non-hydrogen) atoms. The predicted octanol–water partition coefficient (Wildman–Crippen LogP) is 3.55. The second-order valence-corrected chi connectivity index (χ2v) is 6.13. The highest BCUT2D eigenvalue weighted by Gasteiger charge is 2.19. The number of hydrogen-bond donors (Lipinski definition) is 1. The maximum atomic E-state index is 12.8. The van der Waals surface area contributed by atoms with E-state index in [1.54, 1.807) is 23.1 Å². The van der Waals surface area contributed by atoms with Crippen molar-refractivity contribution in [2.45, 2.75) is 26.7 Å². The van der Waals surface area contributed by atoms with E-state index in [2.05, 4.69) is 11.4 Å². The van der Waals surface area contributed by atoms with Crippen LogP contribution in [0.1, 0.15) is 34.8 Å². The molecule has 2 aromatic rings. The van der Waals surface area contributed by atoms with E-state index < -0.39 is 0 Å². The van der Waals surface area contributed by atoms with Crippen LogP contribution in [0, 0.1) is 18.3 Å². The Morgan fingerprint density at radius 3 is 2.62 bits per heavy atom. The van der Waals surface area contributed by atoms with Crippen molar-refractivity contribution in [3.63, 3.8) is 0 Å². The first-order valence-corrected chi connectivity index (χ1v) is 8.65. The number of benzene rings is 2. The summed E-state index contributed by atoms with van der Waals surface area (Å²) in [5.74, 6) is -0.430. The van der Waals surface area contributed by atoms with Crippen LogP contribution in [-0.4, -0.2) is 29.8 Å². The number of rotatable bonds is 7. The molecule has 1 N–H and O–H groups in total. The molecule has 0 aliphatic carbocycles. The average molecular weight is 349 g/mol. The number of anilines is 1. The summed E-state index contributed by atoms with van der Waals surface area (Å²) in [6.45, 7) is 4.36. The summed E-state index contributed by atoms with van der Waals surface area (Å²) in [6, 6.07) is 16.6. The fraction of sp³-hybridized carbons (Fsp3) is 0.286. The third-order valence-corrected chi connectivity index (χ3v) is 3.99. The normalized spacial score (nSPS) is 10.0. The molecule has 0 aliphatic rings. The van der Waals surface area contributed by atoms with Gasteiger partial charge in [0, 0.05) is 17.8 Å². The highest BCUT2D eigenvalue weighted by Crippen LogP contribution is 2.14. The van der Waals surface area contributed by atoms with E-state index in [4.69, 9.17) is 5.26 Å². The van der Waals surface area contributed by atoms with Crippen molar-refractivity contribution in [3.8, 4) is 6.07 Å². The zero-order valence-electron chi connectivity index (χ0n) is 15.2. The maximum Gasteiger partial charge on any atom is 0.254 e. The average Bonchev–Trinajstić information content (AvgIpc) is 2.63. The first-order chi connectivity index (χ1) is 12.5. The number of hydrogen-bond acceptors (Lipinski definition) is 3. The van der Waals surface area contributed by atoms with Crippen LogP contribution in [0.2, 0.25) is 0 Å². The summed E-state index contributed by atoms with van der Waals surface area (Å²) in [5.41, 5.74) is 3.00. The SMILES string of the molecule is CCCN(CC(=O)Nc1ccccc1C)C(=O)c1cccc(CC#N)c1. The van der Waals surface area contributed by atoms with E-state index in [-0.39, 0.29) is 24.8 Å². The third kappa shape index (κ3) is 5.18. The Labute approximate surface area is 154 Å². The number of carbonyl (C=O) groups excluding carboxylic acids is 2. The molecule has 0 spiro atoms. The van der Waals surface area contributed by atoms with E-state index in [0.29, 0.717) is 12.1 Å². The standard InChI is InChI=1S/C21H23N3O2/c1-3-13-24(15-20(25)23-19-10-5-4-7-16(19)2)21(26)18-9-6-8-17(14-18)11-12-22/h4-10,14H,3,11,13,15H2,1-2H3,(H,23,25). The van der Waals surface area contributed by atoms with Crippen LogP contribution in [-0.2, 0) is 11.2 Å². The van der Waals surface area contributed by atoms with Gasteiger partial charge in [0.1, 0.15) is 6.54 Å². The lowest BCUT2D eigenvalue weighted by atomic mass is 10.1. The van der Waals surface area contributed by atoms with Crippen LogP contribution in [0.5, 0.6) is 0 Å². The number of carbonyl (C=O) groups is 2. The van der Waals surface area contributed by atoms with Gasteiger partial charge < -0.3 is 10.2 Å². The fourth-order valence-electron chi connectivity index (χ4n) is 2.69. The Balaban J connectivity index is 2.11. The maximum absolute atomic E-state index is 12.8. The minimum atomic E-state index is -0.228. The van der Waals surface area contributed by atoms with Gasteiger partial charge in [-0.25, -0.2) is 0 Å². The van der Waals surface area contributed by atoms with E-state index in [1.165, 1.54) is 0 Å². The van der Waals surface area contributed by atoms with Crippen molar-refractivity contribution in [2.75, 3.05) is 18.4 Å².